The lowest BCUT2D eigenvalue weighted by Crippen LogP contribution is -2.10. The fourth-order valence-corrected chi connectivity index (χ4v) is 3.78. The van der Waals surface area contributed by atoms with Gasteiger partial charge in [-0.05, 0) is 72.8 Å². The highest BCUT2D eigenvalue weighted by Crippen LogP contribution is 2.23. The van der Waals surface area contributed by atoms with Crippen molar-refractivity contribution in [2.75, 3.05) is 0 Å². The molecule has 0 aliphatic carbocycles. The third-order valence-electron chi connectivity index (χ3n) is 4.31. The van der Waals surface area contributed by atoms with Gasteiger partial charge in [0.15, 0.2) is 5.78 Å². The van der Waals surface area contributed by atoms with Crippen molar-refractivity contribution >= 4 is 26.9 Å². The summed E-state index contributed by atoms with van der Waals surface area (Å²) in [5, 5.41) is 0.430. The Hall–Kier alpha value is -3.78. The van der Waals surface area contributed by atoms with Gasteiger partial charge in [-0.15, -0.1) is 0 Å². The minimum Gasteiger partial charge on any atom is -0.423 e. The van der Waals surface area contributed by atoms with Crippen LogP contribution in [0.4, 0.5) is 4.39 Å². The number of fused-ring (bicyclic) bond motifs is 1. The number of ketones is 1. The van der Waals surface area contributed by atoms with Crippen LogP contribution in [0, 0.1) is 5.82 Å². The molecule has 150 valence electrons. The van der Waals surface area contributed by atoms with Crippen LogP contribution in [0.5, 0.6) is 5.75 Å². The minimum atomic E-state index is -4.15. The van der Waals surface area contributed by atoms with Gasteiger partial charge < -0.3 is 8.60 Å². The summed E-state index contributed by atoms with van der Waals surface area (Å²) in [7, 11) is -4.15. The molecule has 0 saturated heterocycles. The van der Waals surface area contributed by atoms with Gasteiger partial charge in [0.25, 0.3) is 0 Å². The Balaban J connectivity index is 1.56. The SMILES string of the molecule is O=C(c1ccc(F)cc1)c1ccc(OS(=O)(=O)c2ccc3oc(=O)ccc3c2)cc1. The van der Waals surface area contributed by atoms with Gasteiger partial charge in [-0.25, -0.2) is 9.18 Å². The number of hydrogen-bond acceptors (Lipinski definition) is 6. The highest BCUT2D eigenvalue weighted by Gasteiger charge is 2.18. The van der Waals surface area contributed by atoms with Crippen molar-refractivity contribution < 1.29 is 26.2 Å². The van der Waals surface area contributed by atoms with E-state index in [1.54, 1.807) is 0 Å². The van der Waals surface area contributed by atoms with E-state index in [0.29, 0.717) is 16.5 Å². The van der Waals surface area contributed by atoms with Crippen molar-refractivity contribution in [3.8, 4) is 5.75 Å². The molecule has 0 aliphatic heterocycles. The van der Waals surface area contributed by atoms with E-state index in [0.717, 1.165) is 0 Å². The second-order valence-electron chi connectivity index (χ2n) is 6.35. The molecule has 0 amide bonds. The highest BCUT2D eigenvalue weighted by molar-refractivity contribution is 7.87. The molecule has 0 unspecified atom stereocenters. The summed E-state index contributed by atoms with van der Waals surface area (Å²) in [6.07, 6.45) is 0. The molecule has 0 spiro atoms. The van der Waals surface area contributed by atoms with Crippen molar-refractivity contribution in [3.63, 3.8) is 0 Å². The van der Waals surface area contributed by atoms with E-state index in [9.17, 15) is 22.4 Å². The number of carbonyl (C=O) groups is 1. The van der Waals surface area contributed by atoms with Crippen LogP contribution in [0.2, 0.25) is 0 Å². The number of carbonyl (C=O) groups excluding carboxylic acids is 1. The smallest absolute Gasteiger partial charge is 0.339 e. The molecule has 0 saturated carbocycles. The van der Waals surface area contributed by atoms with Gasteiger partial charge in [0, 0.05) is 22.6 Å². The number of benzene rings is 3. The summed E-state index contributed by atoms with van der Waals surface area (Å²) in [5.74, 6) is -0.762. The van der Waals surface area contributed by atoms with Crippen LogP contribution in [0.1, 0.15) is 15.9 Å². The molecule has 1 heterocycles. The summed E-state index contributed by atoms with van der Waals surface area (Å²) in [4.78, 5) is 23.5. The minimum absolute atomic E-state index is 0.0188. The number of rotatable bonds is 5. The molecule has 4 rings (SSSR count). The highest BCUT2D eigenvalue weighted by atomic mass is 32.2. The van der Waals surface area contributed by atoms with Gasteiger partial charge in [-0.1, -0.05) is 0 Å². The van der Waals surface area contributed by atoms with Gasteiger partial charge in [0.05, 0.1) is 0 Å². The van der Waals surface area contributed by atoms with Gasteiger partial charge in [-0.2, -0.15) is 8.42 Å². The van der Waals surface area contributed by atoms with E-state index in [4.69, 9.17) is 8.60 Å². The normalized spacial score (nSPS) is 11.4. The second-order valence-corrected chi connectivity index (χ2v) is 7.90. The Kier molecular flexibility index (Phi) is 4.93. The maximum atomic E-state index is 13.0. The first kappa shape index (κ1) is 19.5. The first-order valence-corrected chi connectivity index (χ1v) is 10.1. The van der Waals surface area contributed by atoms with Crippen LogP contribution in [-0.4, -0.2) is 14.2 Å². The van der Waals surface area contributed by atoms with Gasteiger partial charge in [0.2, 0.25) is 0 Å². The zero-order valence-electron chi connectivity index (χ0n) is 15.2. The largest absolute Gasteiger partial charge is 0.423 e. The average molecular weight is 424 g/mol. The van der Waals surface area contributed by atoms with E-state index in [-0.39, 0.29) is 22.0 Å². The Bertz CT molecular complexity index is 1400. The summed E-state index contributed by atoms with van der Waals surface area (Å²) in [6.45, 7) is 0. The van der Waals surface area contributed by atoms with Crippen molar-refractivity contribution in [3.05, 3.63) is 106 Å². The quantitative estimate of drug-likeness (QED) is 0.274. The first-order valence-electron chi connectivity index (χ1n) is 8.71. The molecule has 6 nitrogen and oxygen atoms in total. The zero-order valence-corrected chi connectivity index (χ0v) is 16.1. The summed E-state index contributed by atoms with van der Waals surface area (Å²) >= 11 is 0. The molecule has 30 heavy (non-hydrogen) atoms. The topological polar surface area (TPSA) is 90.7 Å². The lowest BCUT2D eigenvalue weighted by molar-refractivity contribution is 0.103. The molecule has 0 bridgehead atoms. The van der Waals surface area contributed by atoms with Crippen LogP contribution in [0.15, 0.2) is 93.0 Å². The summed E-state index contributed by atoms with van der Waals surface area (Å²) in [6, 6.07) is 17.3. The van der Waals surface area contributed by atoms with E-state index >= 15 is 0 Å². The molecule has 0 radical (unpaired) electrons. The van der Waals surface area contributed by atoms with Crippen LogP contribution in [0.3, 0.4) is 0 Å². The second kappa shape index (κ2) is 7.57. The lowest BCUT2D eigenvalue weighted by atomic mass is 10.0. The van der Waals surface area contributed by atoms with Crippen molar-refractivity contribution in [1.29, 1.82) is 0 Å². The zero-order chi connectivity index (χ0) is 21.3. The van der Waals surface area contributed by atoms with E-state index in [2.05, 4.69) is 0 Å². The Morgan fingerprint density at radius 1 is 0.833 bits per heavy atom. The maximum absolute atomic E-state index is 13.0. The van der Waals surface area contributed by atoms with Crippen LogP contribution >= 0.6 is 0 Å². The molecular weight excluding hydrogens is 411 g/mol. The molecule has 0 aliphatic rings. The fraction of sp³-hybridized carbons (Fsp3) is 0. The molecule has 3 aromatic carbocycles. The molecule has 8 heteroatoms. The standard InChI is InChI=1S/C22H13FO6S/c23-17-6-1-14(2-7-17)22(25)15-3-8-18(9-4-15)29-30(26,27)19-10-11-20-16(13-19)5-12-21(24)28-20/h1-13H. The van der Waals surface area contributed by atoms with E-state index in [1.165, 1.54) is 78.9 Å². The Labute approximate surface area is 170 Å². The summed E-state index contributed by atoms with van der Waals surface area (Å²) in [5.41, 5.74) is 0.322. The Morgan fingerprint density at radius 3 is 2.13 bits per heavy atom. The van der Waals surface area contributed by atoms with Crippen LogP contribution < -0.4 is 9.81 Å². The maximum Gasteiger partial charge on any atom is 0.339 e. The third-order valence-corrected chi connectivity index (χ3v) is 5.55. The Morgan fingerprint density at radius 2 is 1.47 bits per heavy atom. The summed E-state index contributed by atoms with van der Waals surface area (Å²) < 4.78 is 48.3. The van der Waals surface area contributed by atoms with Crippen molar-refractivity contribution in [2.45, 2.75) is 4.90 Å². The number of halogens is 1. The fourth-order valence-electron chi connectivity index (χ4n) is 2.81. The van der Waals surface area contributed by atoms with Gasteiger partial charge in [-0.3, -0.25) is 4.79 Å². The lowest BCUT2D eigenvalue weighted by Gasteiger charge is -2.08. The molecule has 0 fully saturated rings. The molecular formula is C22H13FO6S. The molecule has 4 aromatic rings. The van der Waals surface area contributed by atoms with E-state index < -0.39 is 21.6 Å². The first-order chi connectivity index (χ1) is 14.3. The van der Waals surface area contributed by atoms with Crippen molar-refractivity contribution in [2.24, 2.45) is 0 Å². The van der Waals surface area contributed by atoms with Crippen LogP contribution in [0.25, 0.3) is 11.0 Å². The average Bonchev–Trinajstić information content (AvgIpc) is 2.73. The monoisotopic (exact) mass is 424 g/mol. The predicted molar refractivity (Wildman–Crippen MR) is 107 cm³/mol. The molecule has 1 aromatic heterocycles. The predicted octanol–water partition coefficient (Wildman–Crippen LogP) is 3.93. The number of hydrogen-bond donors (Lipinski definition) is 0. The van der Waals surface area contributed by atoms with Crippen molar-refractivity contribution in [1.82, 2.24) is 0 Å². The van der Waals surface area contributed by atoms with Gasteiger partial charge >= 0.3 is 15.7 Å². The molecule has 0 atom stereocenters. The molecule has 0 N–H and O–H groups in total. The third kappa shape index (κ3) is 3.99. The van der Waals surface area contributed by atoms with Crippen LogP contribution in [-0.2, 0) is 10.1 Å². The van der Waals surface area contributed by atoms with Gasteiger partial charge in [0.1, 0.15) is 22.0 Å². The van der Waals surface area contributed by atoms with E-state index in [1.807, 2.05) is 0 Å².